The van der Waals surface area contributed by atoms with Gasteiger partial charge in [0.15, 0.2) is 0 Å². The van der Waals surface area contributed by atoms with Crippen molar-refractivity contribution < 1.29 is 22.8 Å². The number of hydrogen-bond acceptors (Lipinski definition) is 4. The van der Waals surface area contributed by atoms with Crippen molar-refractivity contribution in [2.45, 2.75) is 50.9 Å². The number of carbonyl (C=O) groups is 2. The van der Waals surface area contributed by atoms with Crippen LogP contribution in [0.5, 0.6) is 0 Å². The van der Waals surface area contributed by atoms with Crippen LogP contribution in [0.25, 0.3) is 0 Å². The molecule has 3 aliphatic rings. The largest absolute Gasteiger partial charge is 0.416 e. The topological polar surface area (TPSA) is 74.7 Å². The molecule has 3 unspecified atom stereocenters. The Morgan fingerprint density at radius 3 is 2.48 bits per heavy atom. The van der Waals surface area contributed by atoms with E-state index in [0.717, 1.165) is 48.3 Å². The molecule has 1 aromatic heterocycles. The Kier molecular flexibility index (Phi) is 7.45. The maximum absolute atomic E-state index is 14.1. The van der Waals surface area contributed by atoms with Crippen molar-refractivity contribution in [3.63, 3.8) is 0 Å². The maximum atomic E-state index is 14.1. The van der Waals surface area contributed by atoms with Gasteiger partial charge in [-0.2, -0.15) is 13.2 Å². The Balaban J connectivity index is 1.26. The average Bonchev–Trinajstić information content (AvgIpc) is 3.04. The van der Waals surface area contributed by atoms with E-state index in [9.17, 15) is 27.6 Å². The van der Waals surface area contributed by atoms with Gasteiger partial charge in [0.2, 0.25) is 0 Å². The number of para-hydroxylation sites is 1. The third kappa shape index (κ3) is 5.46. The van der Waals surface area contributed by atoms with Crippen molar-refractivity contribution in [3.8, 4) is 0 Å². The molecule has 3 atom stereocenters. The summed E-state index contributed by atoms with van der Waals surface area (Å²) in [5.41, 5.74) is 3.20. The van der Waals surface area contributed by atoms with Crippen LogP contribution < -0.4 is 20.7 Å². The lowest BCUT2D eigenvalue weighted by Crippen LogP contribution is -2.47. The van der Waals surface area contributed by atoms with E-state index >= 15 is 0 Å². The summed E-state index contributed by atoms with van der Waals surface area (Å²) in [6.45, 7) is 3.79. The first-order valence-corrected chi connectivity index (χ1v) is 15.6. The number of rotatable bonds is 4. The molecule has 4 aromatic rings. The number of nitrogens with one attached hydrogen (secondary N) is 1. The number of benzene rings is 3. The fourth-order valence-corrected chi connectivity index (χ4v) is 7.31. The first-order chi connectivity index (χ1) is 22.1. The lowest BCUT2D eigenvalue weighted by molar-refractivity contribution is -0.137. The monoisotopic (exact) mass is 626 g/mol. The number of amides is 2. The Morgan fingerprint density at radius 2 is 1.65 bits per heavy atom. The maximum Gasteiger partial charge on any atom is 0.416 e. The van der Waals surface area contributed by atoms with Gasteiger partial charge in [0.05, 0.1) is 16.9 Å². The van der Waals surface area contributed by atoms with Crippen LogP contribution in [0.1, 0.15) is 63.2 Å². The standard InChI is InChI=1S/C36H33F3N4O3/c1-22-12-13-24-6-2-3-9-31(24)43(22)35(46)26-14-15-32(29(18-26)40-34(45)25-7-4-8-28(17-25)36(37,38)39)41-19-23-16-27(21-41)30-10-5-11-33(44)42(30)20-23/h2-11,14-15,17-18,22-23,27H,12-13,16,19-21H2,1H3,(H,40,45). The smallest absolute Gasteiger partial charge is 0.369 e. The van der Waals surface area contributed by atoms with E-state index < -0.39 is 17.6 Å². The average molecular weight is 627 g/mol. The van der Waals surface area contributed by atoms with Crippen LogP contribution in [-0.2, 0) is 19.1 Å². The number of fused-ring (bicyclic) bond motifs is 5. The minimum absolute atomic E-state index is 0.0222. The molecule has 4 heterocycles. The molecule has 46 heavy (non-hydrogen) atoms. The molecule has 3 aromatic carbocycles. The molecule has 2 bridgehead atoms. The molecule has 3 aliphatic heterocycles. The molecule has 0 spiro atoms. The van der Waals surface area contributed by atoms with E-state index in [-0.39, 0.29) is 34.9 Å². The summed E-state index contributed by atoms with van der Waals surface area (Å²) in [5.74, 6) is -0.655. The molecule has 0 saturated carbocycles. The van der Waals surface area contributed by atoms with Gasteiger partial charge in [-0.15, -0.1) is 0 Å². The second kappa shape index (κ2) is 11.5. The summed E-state index contributed by atoms with van der Waals surface area (Å²) in [6, 6.07) is 22.6. The zero-order valence-corrected chi connectivity index (χ0v) is 25.3. The SMILES string of the molecule is CC1CCc2ccccc2N1C(=O)c1ccc(N2CC3CC(C2)c2cccc(=O)n2C3)c(NC(=O)c2cccc(C(F)(F)F)c2)c1. The van der Waals surface area contributed by atoms with Crippen molar-refractivity contribution in [1.82, 2.24) is 4.57 Å². The van der Waals surface area contributed by atoms with E-state index in [1.165, 1.54) is 12.1 Å². The van der Waals surface area contributed by atoms with Crippen LogP contribution in [-0.4, -0.2) is 35.5 Å². The van der Waals surface area contributed by atoms with Gasteiger partial charge in [-0.3, -0.25) is 14.4 Å². The molecule has 10 heteroatoms. The highest BCUT2D eigenvalue weighted by atomic mass is 19.4. The molecule has 1 fully saturated rings. The number of aryl methyl sites for hydroxylation is 1. The summed E-state index contributed by atoms with van der Waals surface area (Å²) < 4.78 is 42.2. The highest BCUT2D eigenvalue weighted by Gasteiger charge is 2.36. The van der Waals surface area contributed by atoms with E-state index in [2.05, 4.69) is 10.2 Å². The second-order valence-corrected chi connectivity index (χ2v) is 12.6. The van der Waals surface area contributed by atoms with Crippen molar-refractivity contribution in [1.29, 1.82) is 0 Å². The van der Waals surface area contributed by atoms with Crippen LogP contribution in [0.15, 0.2) is 89.7 Å². The van der Waals surface area contributed by atoms with Crippen LogP contribution >= 0.6 is 0 Å². The lowest BCUT2D eigenvalue weighted by atomic mass is 9.83. The van der Waals surface area contributed by atoms with Crippen LogP contribution in [0.3, 0.4) is 0 Å². The van der Waals surface area contributed by atoms with E-state index in [1.54, 1.807) is 29.2 Å². The number of anilines is 3. The number of pyridine rings is 1. The molecule has 0 aliphatic carbocycles. The van der Waals surface area contributed by atoms with Gasteiger partial charge >= 0.3 is 6.18 Å². The van der Waals surface area contributed by atoms with E-state index in [1.807, 2.05) is 47.9 Å². The number of hydrogen-bond donors (Lipinski definition) is 1. The van der Waals surface area contributed by atoms with E-state index in [4.69, 9.17) is 0 Å². The Morgan fingerprint density at radius 1 is 0.848 bits per heavy atom. The van der Waals surface area contributed by atoms with Crippen LogP contribution in [0, 0.1) is 5.92 Å². The second-order valence-electron chi connectivity index (χ2n) is 12.6. The number of carbonyl (C=O) groups excluding carboxylic acids is 2. The molecule has 1 saturated heterocycles. The first kappa shape index (κ1) is 29.8. The van der Waals surface area contributed by atoms with Crippen LogP contribution in [0.2, 0.25) is 0 Å². The summed E-state index contributed by atoms with van der Waals surface area (Å²) in [6.07, 6.45) is -2.00. The van der Waals surface area contributed by atoms with Crippen molar-refractivity contribution in [2.24, 2.45) is 5.92 Å². The number of halogens is 3. The molecular formula is C36H33F3N4O3. The summed E-state index contributed by atoms with van der Waals surface area (Å²) in [5, 5.41) is 2.85. The molecular weight excluding hydrogens is 593 g/mol. The normalized spacial score (nSPS) is 20.5. The van der Waals surface area contributed by atoms with Gasteiger partial charge in [-0.25, -0.2) is 0 Å². The quantitative estimate of drug-likeness (QED) is 0.273. The molecule has 7 rings (SSSR count). The van der Waals surface area contributed by atoms with E-state index in [0.29, 0.717) is 36.6 Å². The number of piperidine rings is 1. The summed E-state index contributed by atoms with van der Waals surface area (Å²) >= 11 is 0. The number of aromatic nitrogens is 1. The summed E-state index contributed by atoms with van der Waals surface area (Å²) in [4.78, 5) is 44.1. The first-order valence-electron chi connectivity index (χ1n) is 15.6. The van der Waals surface area contributed by atoms with Crippen molar-refractivity contribution in [2.75, 3.05) is 28.2 Å². The minimum atomic E-state index is -4.60. The van der Waals surface area contributed by atoms with Crippen molar-refractivity contribution >= 4 is 28.9 Å². The predicted molar refractivity (Wildman–Crippen MR) is 171 cm³/mol. The van der Waals surface area contributed by atoms with Gasteiger partial charge in [0.1, 0.15) is 0 Å². The molecule has 236 valence electrons. The highest BCUT2D eigenvalue weighted by Crippen LogP contribution is 2.40. The fraction of sp³-hybridized carbons (Fsp3) is 0.306. The zero-order valence-electron chi connectivity index (χ0n) is 25.3. The summed E-state index contributed by atoms with van der Waals surface area (Å²) in [7, 11) is 0. The molecule has 0 radical (unpaired) electrons. The zero-order chi connectivity index (χ0) is 32.2. The van der Waals surface area contributed by atoms with Gasteiger partial charge in [-0.1, -0.05) is 30.3 Å². The Labute approximate surface area is 264 Å². The molecule has 2 amide bonds. The van der Waals surface area contributed by atoms with Gasteiger partial charge in [0.25, 0.3) is 17.4 Å². The van der Waals surface area contributed by atoms with Gasteiger partial charge < -0.3 is 19.7 Å². The third-order valence-corrected chi connectivity index (χ3v) is 9.51. The number of nitrogens with zero attached hydrogens (tertiary/aromatic N) is 3. The minimum Gasteiger partial charge on any atom is -0.369 e. The number of alkyl halides is 3. The fourth-order valence-electron chi connectivity index (χ4n) is 7.31. The predicted octanol–water partition coefficient (Wildman–Crippen LogP) is 6.72. The lowest BCUT2D eigenvalue weighted by Gasteiger charge is -2.44. The Bertz CT molecular complexity index is 1900. The van der Waals surface area contributed by atoms with Crippen molar-refractivity contribution in [3.05, 3.63) is 123 Å². The van der Waals surface area contributed by atoms with Crippen LogP contribution in [0.4, 0.5) is 30.2 Å². The molecule has 1 N–H and O–H groups in total. The van der Waals surface area contributed by atoms with Gasteiger partial charge in [-0.05, 0) is 86.2 Å². The molecule has 7 nitrogen and oxygen atoms in total. The van der Waals surface area contributed by atoms with Gasteiger partial charge in [0, 0.05) is 60.2 Å². The highest BCUT2D eigenvalue weighted by molar-refractivity contribution is 6.10. The Hall–Kier alpha value is -4.86. The third-order valence-electron chi connectivity index (χ3n) is 9.51.